The average Bonchev–Trinajstić information content (AvgIpc) is 2.35. The summed E-state index contributed by atoms with van der Waals surface area (Å²) in [6, 6.07) is 0.345. The lowest BCUT2D eigenvalue weighted by Gasteiger charge is -2.17. The number of nitrogens with zero attached hydrogens (tertiary/aromatic N) is 2. The fourth-order valence-electron chi connectivity index (χ4n) is 1.52. The highest BCUT2D eigenvalue weighted by atomic mass is 32.2. The molecule has 0 aliphatic rings. The molecule has 0 aliphatic carbocycles. The van der Waals surface area contributed by atoms with Crippen molar-refractivity contribution in [3.05, 3.63) is 11.8 Å². The van der Waals surface area contributed by atoms with Crippen molar-refractivity contribution in [2.75, 3.05) is 11.6 Å². The maximum atomic E-state index is 11.5. The molecule has 0 unspecified atom stereocenters. The second-order valence-electron chi connectivity index (χ2n) is 3.83. The Morgan fingerprint density at radius 1 is 1.47 bits per heavy atom. The van der Waals surface area contributed by atoms with Crippen molar-refractivity contribution >= 4 is 23.4 Å². The zero-order valence-electron chi connectivity index (χ0n) is 10.8. The molecule has 1 aromatic rings. The van der Waals surface area contributed by atoms with Crippen LogP contribution in [0.5, 0.6) is 0 Å². The van der Waals surface area contributed by atoms with Gasteiger partial charge in [-0.25, -0.2) is 9.97 Å². The van der Waals surface area contributed by atoms with Crippen LogP contribution in [0.2, 0.25) is 0 Å². The number of carbonyl (C=O) groups excluding carboxylic acids is 1. The summed E-state index contributed by atoms with van der Waals surface area (Å²) in [4.78, 5) is 20.0. The number of Topliss-reactive ketones (excluding diaryl/α,β-unsaturated/α-hetero) is 1. The van der Waals surface area contributed by atoms with E-state index < -0.39 is 0 Å². The summed E-state index contributed by atoms with van der Waals surface area (Å²) in [6.07, 6.45) is 5.54. The van der Waals surface area contributed by atoms with Crippen molar-refractivity contribution < 1.29 is 4.79 Å². The number of rotatable bonds is 6. The van der Waals surface area contributed by atoms with E-state index in [9.17, 15) is 4.79 Å². The lowest BCUT2D eigenvalue weighted by molar-refractivity contribution is 0.101. The Hall–Kier alpha value is -1.10. The highest BCUT2D eigenvalue weighted by molar-refractivity contribution is 7.98. The SMILES string of the molecule is CCC(CC)Nc1nc(SC)ncc1C(C)=O. The van der Waals surface area contributed by atoms with Crippen LogP contribution in [0.3, 0.4) is 0 Å². The number of aromatic nitrogens is 2. The van der Waals surface area contributed by atoms with Crippen LogP contribution in [0.15, 0.2) is 11.4 Å². The minimum Gasteiger partial charge on any atom is -0.367 e. The Labute approximate surface area is 107 Å². The normalized spacial score (nSPS) is 10.6. The van der Waals surface area contributed by atoms with E-state index in [-0.39, 0.29) is 5.78 Å². The molecule has 1 rings (SSSR count). The first-order chi connectivity index (χ1) is 8.12. The predicted octanol–water partition coefficient (Wildman–Crippen LogP) is 3.00. The van der Waals surface area contributed by atoms with Crippen LogP contribution in [0, 0.1) is 0 Å². The molecule has 0 bridgehead atoms. The van der Waals surface area contributed by atoms with Crippen LogP contribution in [-0.2, 0) is 0 Å². The van der Waals surface area contributed by atoms with E-state index in [4.69, 9.17) is 0 Å². The molecular formula is C12H19N3OS. The number of nitrogens with one attached hydrogen (secondary N) is 1. The summed E-state index contributed by atoms with van der Waals surface area (Å²) in [5, 5.41) is 4.00. The number of ketones is 1. The highest BCUT2D eigenvalue weighted by Crippen LogP contribution is 2.19. The zero-order valence-corrected chi connectivity index (χ0v) is 11.6. The summed E-state index contributed by atoms with van der Waals surface area (Å²) in [5.41, 5.74) is 0.565. The molecule has 0 saturated heterocycles. The molecular weight excluding hydrogens is 234 g/mol. The molecule has 1 aromatic heterocycles. The molecule has 0 atom stereocenters. The van der Waals surface area contributed by atoms with E-state index in [0.717, 1.165) is 12.8 Å². The molecule has 17 heavy (non-hydrogen) atoms. The van der Waals surface area contributed by atoms with Crippen LogP contribution >= 0.6 is 11.8 Å². The van der Waals surface area contributed by atoms with Gasteiger partial charge >= 0.3 is 0 Å². The number of thioether (sulfide) groups is 1. The van der Waals surface area contributed by atoms with Crippen LogP contribution in [0.4, 0.5) is 5.82 Å². The van der Waals surface area contributed by atoms with E-state index >= 15 is 0 Å². The lowest BCUT2D eigenvalue weighted by atomic mass is 10.1. The van der Waals surface area contributed by atoms with E-state index in [1.807, 2.05) is 6.26 Å². The van der Waals surface area contributed by atoms with Gasteiger partial charge in [0.1, 0.15) is 5.82 Å². The van der Waals surface area contributed by atoms with E-state index in [1.165, 1.54) is 18.7 Å². The monoisotopic (exact) mass is 253 g/mol. The predicted molar refractivity (Wildman–Crippen MR) is 71.8 cm³/mol. The van der Waals surface area contributed by atoms with E-state index in [2.05, 4.69) is 29.1 Å². The Kier molecular flexibility index (Phi) is 5.41. The molecule has 0 aromatic carbocycles. The second-order valence-corrected chi connectivity index (χ2v) is 4.61. The number of anilines is 1. The van der Waals surface area contributed by atoms with Gasteiger partial charge in [-0.1, -0.05) is 25.6 Å². The summed E-state index contributed by atoms with van der Waals surface area (Å²) < 4.78 is 0. The lowest BCUT2D eigenvalue weighted by Crippen LogP contribution is -2.20. The standard InChI is InChI=1S/C12H19N3OS/c1-5-9(6-2)14-11-10(8(3)16)7-13-12(15-11)17-4/h7,9H,5-6H2,1-4H3,(H,13,14,15). The third-order valence-electron chi connectivity index (χ3n) is 2.65. The third kappa shape index (κ3) is 3.70. The first-order valence-electron chi connectivity index (χ1n) is 5.80. The summed E-state index contributed by atoms with van der Waals surface area (Å²) in [7, 11) is 0. The first-order valence-corrected chi connectivity index (χ1v) is 7.03. The van der Waals surface area contributed by atoms with Gasteiger partial charge in [0.2, 0.25) is 0 Å². The van der Waals surface area contributed by atoms with E-state index in [1.54, 1.807) is 6.20 Å². The molecule has 0 spiro atoms. The van der Waals surface area contributed by atoms with Crippen LogP contribution in [-0.4, -0.2) is 28.0 Å². The highest BCUT2D eigenvalue weighted by Gasteiger charge is 2.13. The van der Waals surface area contributed by atoms with Crippen LogP contribution < -0.4 is 5.32 Å². The number of hydrogen-bond acceptors (Lipinski definition) is 5. The molecule has 1 N–H and O–H groups in total. The second kappa shape index (κ2) is 6.59. The molecule has 0 saturated carbocycles. The van der Waals surface area contributed by atoms with Crippen molar-refractivity contribution in [2.24, 2.45) is 0 Å². The van der Waals surface area contributed by atoms with Gasteiger partial charge in [-0.2, -0.15) is 0 Å². The fraction of sp³-hybridized carbons (Fsp3) is 0.583. The summed E-state index contributed by atoms with van der Waals surface area (Å²) in [6.45, 7) is 5.77. The van der Waals surface area contributed by atoms with Crippen molar-refractivity contribution in [3.8, 4) is 0 Å². The van der Waals surface area contributed by atoms with Gasteiger partial charge < -0.3 is 5.32 Å². The van der Waals surface area contributed by atoms with Gasteiger partial charge in [-0.05, 0) is 26.0 Å². The van der Waals surface area contributed by atoms with Crippen molar-refractivity contribution in [1.82, 2.24) is 9.97 Å². The Balaban J connectivity index is 3.04. The molecule has 0 aliphatic heterocycles. The van der Waals surface area contributed by atoms with Gasteiger partial charge in [0.15, 0.2) is 10.9 Å². The third-order valence-corrected chi connectivity index (χ3v) is 3.22. The van der Waals surface area contributed by atoms with Gasteiger partial charge in [-0.15, -0.1) is 0 Å². The molecule has 0 radical (unpaired) electrons. The molecule has 0 fully saturated rings. The molecule has 4 nitrogen and oxygen atoms in total. The Morgan fingerprint density at radius 2 is 2.12 bits per heavy atom. The Morgan fingerprint density at radius 3 is 2.59 bits per heavy atom. The molecule has 0 amide bonds. The zero-order chi connectivity index (χ0) is 12.8. The minimum atomic E-state index is -0.00823. The first kappa shape index (κ1) is 14.0. The summed E-state index contributed by atoms with van der Waals surface area (Å²) >= 11 is 1.47. The molecule has 1 heterocycles. The van der Waals surface area contributed by atoms with Gasteiger partial charge in [0.05, 0.1) is 5.56 Å². The average molecular weight is 253 g/mol. The fourth-order valence-corrected chi connectivity index (χ4v) is 1.86. The topological polar surface area (TPSA) is 54.9 Å². The molecule has 5 heteroatoms. The quantitative estimate of drug-likeness (QED) is 0.480. The largest absolute Gasteiger partial charge is 0.367 e. The van der Waals surface area contributed by atoms with Gasteiger partial charge in [0, 0.05) is 12.2 Å². The van der Waals surface area contributed by atoms with Crippen molar-refractivity contribution in [2.45, 2.75) is 44.8 Å². The maximum Gasteiger partial charge on any atom is 0.189 e. The smallest absolute Gasteiger partial charge is 0.189 e. The number of hydrogen-bond donors (Lipinski definition) is 1. The number of carbonyl (C=O) groups is 1. The van der Waals surface area contributed by atoms with Crippen molar-refractivity contribution in [3.63, 3.8) is 0 Å². The van der Waals surface area contributed by atoms with E-state index in [0.29, 0.717) is 22.6 Å². The minimum absolute atomic E-state index is 0.00823. The molecule has 94 valence electrons. The Bertz CT molecular complexity index is 391. The van der Waals surface area contributed by atoms with Crippen LogP contribution in [0.1, 0.15) is 44.0 Å². The maximum absolute atomic E-state index is 11.5. The van der Waals surface area contributed by atoms with Gasteiger partial charge in [0.25, 0.3) is 0 Å². The van der Waals surface area contributed by atoms with Crippen LogP contribution in [0.25, 0.3) is 0 Å². The summed E-state index contributed by atoms with van der Waals surface area (Å²) in [5.74, 6) is 0.650. The van der Waals surface area contributed by atoms with Gasteiger partial charge in [-0.3, -0.25) is 4.79 Å². The van der Waals surface area contributed by atoms with Crippen molar-refractivity contribution in [1.29, 1.82) is 0 Å².